The largest absolute Gasteiger partial charge is 0.310 e. The van der Waals surface area contributed by atoms with Crippen molar-refractivity contribution < 1.29 is 0 Å². The molecule has 68 heavy (non-hydrogen) atoms. The third-order valence-electron chi connectivity index (χ3n) is 14.1. The second-order valence-corrected chi connectivity index (χ2v) is 17.9. The van der Waals surface area contributed by atoms with Gasteiger partial charge in [0.1, 0.15) is 0 Å². The second-order valence-electron chi connectivity index (χ2n) is 17.9. The molecule has 1 spiro atoms. The van der Waals surface area contributed by atoms with E-state index in [1.165, 1.54) is 67.0 Å². The van der Waals surface area contributed by atoms with Crippen LogP contribution in [0.3, 0.4) is 0 Å². The van der Waals surface area contributed by atoms with E-state index < -0.39 is 5.41 Å². The molecule has 1 aliphatic heterocycles. The zero-order valence-corrected chi connectivity index (χ0v) is 37.3. The predicted molar refractivity (Wildman–Crippen MR) is 282 cm³/mol. The van der Waals surface area contributed by atoms with Crippen LogP contribution in [0, 0.1) is 0 Å². The first-order chi connectivity index (χ1) is 33.7. The van der Waals surface area contributed by atoms with E-state index in [1.54, 1.807) is 0 Å². The monoisotopic (exact) mass is 864 g/mol. The zero-order chi connectivity index (χ0) is 45.0. The molecule has 11 aromatic rings. The van der Waals surface area contributed by atoms with E-state index in [9.17, 15) is 0 Å². The lowest BCUT2D eigenvalue weighted by Crippen LogP contribution is -2.36. The minimum Gasteiger partial charge on any atom is -0.310 e. The van der Waals surface area contributed by atoms with Crippen LogP contribution in [0.25, 0.3) is 78.1 Å². The maximum atomic E-state index is 5.34. The average molecular weight is 865 g/mol. The quantitative estimate of drug-likeness (QED) is 0.159. The van der Waals surface area contributed by atoms with Crippen molar-refractivity contribution in [2.24, 2.45) is 0 Å². The van der Waals surface area contributed by atoms with Crippen LogP contribution in [0.1, 0.15) is 22.3 Å². The molecule has 0 saturated carbocycles. The van der Waals surface area contributed by atoms with Crippen molar-refractivity contribution in [3.8, 4) is 78.1 Å². The first-order valence-electron chi connectivity index (χ1n) is 23.4. The van der Waals surface area contributed by atoms with Gasteiger partial charge in [0.2, 0.25) is 0 Å². The fraction of sp³-hybridized carbons (Fsp3) is 0.0152. The molecule has 0 N–H and O–H groups in total. The van der Waals surface area contributed by atoms with Gasteiger partial charge in [-0.15, -0.1) is 0 Å². The molecule has 0 amide bonds. The van der Waals surface area contributed by atoms with Crippen LogP contribution in [0.15, 0.2) is 267 Å². The molecule has 318 valence electrons. The van der Waals surface area contributed by atoms with E-state index in [0.717, 1.165) is 50.5 Å². The summed E-state index contributed by atoms with van der Waals surface area (Å²) in [5, 5.41) is 0. The van der Waals surface area contributed by atoms with Crippen molar-refractivity contribution in [2.45, 2.75) is 5.41 Å². The highest BCUT2D eigenvalue weighted by Gasteiger charge is 2.51. The average Bonchev–Trinajstić information content (AvgIpc) is 3.71. The standard InChI is InChI=1S/C66H44N2/c1-4-18-45(19-5-1)47-34-36-48(37-35-47)62-43-54(46-20-6-2-7-21-46)44-63(67-62)53-25-17-24-51(41-53)49-22-16-23-50(40-49)52-38-39-57-56-28-10-11-29-58(56)66(61(57)42-52)59-30-12-14-32-64(59)68(55-26-8-3-9-27-55)65-33-15-13-31-60(65)66/h1-44H. The molecule has 2 heteroatoms. The Balaban J connectivity index is 0.910. The summed E-state index contributed by atoms with van der Waals surface area (Å²) >= 11 is 0. The number of hydrogen-bond donors (Lipinski definition) is 0. The second kappa shape index (κ2) is 16.2. The van der Waals surface area contributed by atoms with Crippen LogP contribution < -0.4 is 4.90 Å². The number of anilines is 3. The molecule has 0 saturated heterocycles. The molecule has 0 unspecified atom stereocenters. The Bertz CT molecular complexity index is 3620. The molecule has 2 aliphatic rings. The molecule has 10 aromatic carbocycles. The lowest BCUT2D eigenvalue weighted by atomic mass is 9.64. The van der Waals surface area contributed by atoms with Gasteiger partial charge < -0.3 is 4.90 Å². The minimum atomic E-state index is -0.517. The molecule has 2 heterocycles. The molecule has 0 bridgehead atoms. The van der Waals surface area contributed by atoms with Gasteiger partial charge in [0.05, 0.1) is 28.2 Å². The maximum absolute atomic E-state index is 5.34. The molecular formula is C66H44N2. The van der Waals surface area contributed by atoms with Crippen LogP contribution >= 0.6 is 0 Å². The Morgan fingerprint density at radius 3 is 1.29 bits per heavy atom. The summed E-state index contributed by atoms with van der Waals surface area (Å²) in [4.78, 5) is 7.78. The Morgan fingerprint density at radius 1 is 0.250 bits per heavy atom. The van der Waals surface area contributed by atoms with Gasteiger partial charge >= 0.3 is 0 Å². The number of benzene rings is 10. The Kier molecular flexibility index (Phi) is 9.43. The van der Waals surface area contributed by atoms with Gasteiger partial charge in [-0.25, -0.2) is 4.98 Å². The summed E-state index contributed by atoms with van der Waals surface area (Å²) < 4.78 is 0. The maximum Gasteiger partial charge on any atom is 0.0754 e. The van der Waals surface area contributed by atoms with Crippen LogP contribution in [0.5, 0.6) is 0 Å². The van der Waals surface area contributed by atoms with Crippen molar-refractivity contribution in [1.82, 2.24) is 4.98 Å². The van der Waals surface area contributed by atoms with Gasteiger partial charge in [-0.2, -0.15) is 0 Å². The Labute approximate surface area is 397 Å². The van der Waals surface area contributed by atoms with E-state index in [2.05, 4.69) is 272 Å². The lowest BCUT2D eigenvalue weighted by molar-refractivity contribution is 0.753. The highest BCUT2D eigenvalue weighted by atomic mass is 15.2. The zero-order valence-electron chi connectivity index (χ0n) is 37.3. The highest BCUT2D eigenvalue weighted by molar-refractivity contribution is 5.97. The summed E-state index contributed by atoms with van der Waals surface area (Å²) in [6.45, 7) is 0. The molecular weight excluding hydrogens is 821 g/mol. The van der Waals surface area contributed by atoms with Gasteiger partial charge in [-0.3, -0.25) is 0 Å². The predicted octanol–water partition coefficient (Wildman–Crippen LogP) is 17.2. The molecule has 13 rings (SSSR count). The van der Waals surface area contributed by atoms with Crippen LogP contribution in [-0.4, -0.2) is 4.98 Å². The fourth-order valence-electron chi connectivity index (χ4n) is 11.0. The molecule has 0 fully saturated rings. The fourth-order valence-corrected chi connectivity index (χ4v) is 11.0. The summed E-state index contributed by atoms with van der Waals surface area (Å²) in [6, 6.07) is 97.3. The topological polar surface area (TPSA) is 16.1 Å². The number of rotatable bonds is 7. The van der Waals surface area contributed by atoms with Gasteiger partial charge in [0.25, 0.3) is 0 Å². The smallest absolute Gasteiger partial charge is 0.0754 e. The number of aromatic nitrogens is 1. The number of fused-ring (bicyclic) bond motifs is 9. The highest BCUT2D eigenvalue weighted by Crippen LogP contribution is 2.63. The van der Waals surface area contributed by atoms with Crippen molar-refractivity contribution in [3.05, 3.63) is 289 Å². The third-order valence-corrected chi connectivity index (χ3v) is 14.1. The van der Waals surface area contributed by atoms with Gasteiger partial charge in [0.15, 0.2) is 0 Å². The minimum absolute atomic E-state index is 0.517. The number of nitrogens with zero attached hydrogens (tertiary/aromatic N) is 2. The van der Waals surface area contributed by atoms with Crippen LogP contribution in [0.2, 0.25) is 0 Å². The van der Waals surface area contributed by atoms with E-state index in [1.807, 2.05) is 0 Å². The Hall–Kier alpha value is -8.85. The SMILES string of the molecule is c1ccc(-c2ccc(-c3cc(-c4ccccc4)cc(-c4cccc(-c5cccc(-c6ccc7c(c6)C6(c8ccccc8-7)c7ccccc7N(c7ccccc7)c7ccccc76)c5)c4)n3)cc2)cc1. The normalized spacial score (nSPS) is 12.8. The summed E-state index contributed by atoms with van der Waals surface area (Å²) in [5.74, 6) is 0. The molecule has 0 atom stereocenters. The molecule has 1 aliphatic carbocycles. The van der Waals surface area contributed by atoms with Crippen molar-refractivity contribution >= 4 is 17.1 Å². The summed E-state index contributed by atoms with van der Waals surface area (Å²) in [6.07, 6.45) is 0. The first kappa shape index (κ1) is 39.5. The van der Waals surface area contributed by atoms with Crippen molar-refractivity contribution in [1.29, 1.82) is 0 Å². The molecule has 0 radical (unpaired) electrons. The van der Waals surface area contributed by atoms with Crippen molar-refractivity contribution in [3.63, 3.8) is 0 Å². The van der Waals surface area contributed by atoms with E-state index >= 15 is 0 Å². The summed E-state index contributed by atoms with van der Waals surface area (Å²) in [5.41, 5.74) is 24.2. The molecule has 2 nitrogen and oxygen atoms in total. The first-order valence-corrected chi connectivity index (χ1v) is 23.4. The summed E-state index contributed by atoms with van der Waals surface area (Å²) in [7, 11) is 0. The van der Waals surface area contributed by atoms with E-state index in [-0.39, 0.29) is 0 Å². The van der Waals surface area contributed by atoms with Gasteiger partial charge in [-0.05, 0) is 132 Å². The molecule has 1 aromatic heterocycles. The lowest BCUT2D eigenvalue weighted by Gasteiger charge is -2.45. The van der Waals surface area contributed by atoms with Crippen molar-refractivity contribution in [2.75, 3.05) is 4.90 Å². The van der Waals surface area contributed by atoms with Crippen LogP contribution in [0.4, 0.5) is 17.1 Å². The number of hydrogen-bond acceptors (Lipinski definition) is 2. The third kappa shape index (κ3) is 6.45. The number of para-hydroxylation sites is 3. The Morgan fingerprint density at radius 2 is 0.662 bits per heavy atom. The van der Waals surface area contributed by atoms with Crippen LogP contribution in [-0.2, 0) is 5.41 Å². The van der Waals surface area contributed by atoms with Gasteiger partial charge in [-0.1, -0.05) is 212 Å². The number of pyridine rings is 1. The van der Waals surface area contributed by atoms with Gasteiger partial charge in [0, 0.05) is 16.8 Å². The van der Waals surface area contributed by atoms with E-state index in [4.69, 9.17) is 4.98 Å². The van der Waals surface area contributed by atoms with E-state index in [0.29, 0.717) is 0 Å².